The van der Waals surface area contributed by atoms with Crippen molar-refractivity contribution in [2.24, 2.45) is 0 Å². The summed E-state index contributed by atoms with van der Waals surface area (Å²) >= 11 is 0. The molecule has 0 spiro atoms. The fraction of sp³-hybridized carbons (Fsp3) is 0.647. The van der Waals surface area contributed by atoms with E-state index >= 15 is 0 Å². The number of aromatic nitrogens is 1. The molecule has 0 aliphatic heterocycles. The minimum atomic E-state index is -0.506. The molecule has 0 radical (unpaired) electrons. The van der Waals surface area contributed by atoms with Crippen LogP contribution in [0, 0.1) is 5.82 Å². The van der Waals surface area contributed by atoms with Crippen LogP contribution in [0.1, 0.15) is 81.5 Å². The first-order chi connectivity index (χ1) is 9.75. The topological polar surface area (TPSA) is 30.0 Å². The van der Waals surface area contributed by atoms with E-state index in [0.29, 0.717) is 6.42 Å². The molecule has 2 nitrogen and oxygen atoms in total. The molecule has 0 amide bonds. The highest BCUT2D eigenvalue weighted by Gasteiger charge is 2.10. The summed E-state index contributed by atoms with van der Waals surface area (Å²) in [4.78, 5) is 15.5. The van der Waals surface area contributed by atoms with Crippen molar-refractivity contribution < 1.29 is 9.18 Å². The van der Waals surface area contributed by atoms with E-state index < -0.39 is 5.82 Å². The highest BCUT2D eigenvalue weighted by Crippen LogP contribution is 2.13. The molecule has 0 aliphatic rings. The number of ketones is 1. The van der Waals surface area contributed by atoms with Crippen LogP contribution in [0.25, 0.3) is 0 Å². The molecule has 0 saturated heterocycles. The molecule has 1 heterocycles. The van der Waals surface area contributed by atoms with Gasteiger partial charge in [-0.2, -0.15) is 0 Å². The first kappa shape index (κ1) is 16.8. The largest absolute Gasteiger partial charge is 0.294 e. The van der Waals surface area contributed by atoms with Crippen molar-refractivity contribution in [2.45, 2.75) is 71.1 Å². The van der Waals surface area contributed by atoms with Crippen LogP contribution in [-0.2, 0) is 0 Å². The number of halogens is 1. The molecule has 1 aromatic heterocycles. The van der Waals surface area contributed by atoms with Crippen LogP contribution in [-0.4, -0.2) is 10.8 Å². The minimum Gasteiger partial charge on any atom is -0.294 e. The molecule has 0 saturated carbocycles. The van der Waals surface area contributed by atoms with Crippen molar-refractivity contribution in [3.8, 4) is 0 Å². The van der Waals surface area contributed by atoms with Crippen LogP contribution in [0.5, 0.6) is 0 Å². The van der Waals surface area contributed by atoms with Crippen LogP contribution in [0.2, 0.25) is 0 Å². The van der Waals surface area contributed by atoms with E-state index in [2.05, 4.69) is 11.9 Å². The second kappa shape index (κ2) is 10.5. The summed E-state index contributed by atoms with van der Waals surface area (Å²) in [5, 5.41) is 0. The maximum Gasteiger partial charge on any atom is 0.165 e. The lowest BCUT2D eigenvalue weighted by Crippen LogP contribution is -2.02. The van der Waals surface area contributed by atoms with Crippen molar-refractivity contribution in [3.05, 3.63) is 29.8 Å². The van der Waals surface area contributed by atoms with Gasteiger partial charge in [-0.3, -0.25) is 9.78 Å². The van der Waals surface area contributed by atoms with Crippen molar-refractivity contribution >= 4 is 5.78 Å². The second-order valence-corrected chi connectivity index (χ2v) is 5.36. The van der Waals surface area contributed by atoms with Gasteiger partial charge in [-0.15, -0.1) is 0 Å². The van der Waals surface area contributed by atoms with Crippen LogP contribution in [0.15, 0.2) is 18.5 Å². The van der Waals surface area contributed by atoms with Gasteiger partial charge < -0.3 is 0 Å². The lowest BCUT2D eigenvalue weighted by molar-refractivity contribution is 0.0975. The maximum absolute atomic E-state index is 13.3. The number of unbranched alkanes of at least 4 members (excludes halogenated alkanes) is 8. The van der Waals surface area contributed by atoms with E-state index in [0.717, 1.165) is 19.0 Å². The third-order valence-corrected chi connectivity index (χ3v) is 3.58. The van der Waals surface area contributed by atoms with E-state index in [1.807, 2.05) is 0 Å². The van der Waals surface area contributed by atoms with Crippen molar-refractivity contribution in [1.29, 1.82) is 0 Å². The van der Waals surface area contributed by atoms with Crippen molar-refractivity contribution in [1.82, 2.24) is 4.98 Å². The minimum absolute atomic E-state index is 0.104. The first-order valence-electron chi connectivity index (χ1n) is 7.88. The van der Waals surface area contributed by atoms with Gasteiger partial charge in [0.2, 0.25) is 0 Å². The number of Topliss-reactive ketones (excluding diaryl/α,β-unsaturated/α-hetero) is 1. The predicted molar refractivity (Wildman–Crippen MR) is 80.4 cm³/mol. The zero-order chi connectivity index (χ0) is 14.6. The molecular formula is C17H26FNO. The molecule has 0 aliphatic carbocycles. The van der Waals surface area contributed by atoms with E-state index in [9.17, 15) is 9.18 Å². The molecule has 1 aromatic rings. The average Bonchev–Trinajstić information content (AvgIpc) is 2.46. The summed E-state index contributed by atoms with van der Waals surface area (Å²) in [6.45, 7) is 2.22. The van der Waals surface area contributed by atoms with E-state index in [4.69, 9.17) is 0 Å². The Bertz CT molecular complexity index is 392. The Morgan fingerprint density at radius 1 is 1.05 bits per heavy atom. The maximum atomic E-state index is 13.3. The molecule has 112 valence electrons. The van der Waals surface area contributed by atoms with Gasteiger partial charge in [-0.05, 0) is 12.5 Å². The van der Waals surface area contributed by atoms with Crippen LogP contribution < -0.4 is 0 Å². The summed E-state index contributed by atoms with van der Waals surface area (Å²) in [5.74, 6) is -0.610. The lowest BCUT2D eigenvalue weighted by atomic mass is 10.0. The highest BCUT2D eigenvalue weighted by molar-refractivity contribution is 5.96. The van der Waals surface area contributed by atoms with E-state index in [-0.39, 0.29) is 11.3 Å². The fourth-order valence-corrected chi connectivity index (χ4v) is 2.33. The third kappa shape index (κ3) is 6.78. The van der Waals surface area contributed by atoms with Crippen LogP contribution in [0.3, 0.4) is 0 Å². The Hall–Kier alpha value is -1.25. The van der Waals surface area contributed by atoms with Gasteiger partial charge in [-0.25, -0.2) is 4.39 Å². The summed E-state index contributed by atoms with van der Waals surface area (Å²) in [7, 11) is 0. The SMILES string of the molecule is CCCCCCCCCCCC(=O)c1ccncc1F. The molecule has 0 N–H and O–H groups in total. The molecule has 3 heteroatoms. The number of nitrogens with zero attached hydrogens (tertiary/aromatic N) is 1. The van der Waals surface area contributed by atoms with Crippen LogP contribution >= 0.6 is 0 Å². The summed E-state index contributed by atoms with van der Waals surface area (Å²) in [5.41, 5.74) is 0.180. The van der Waals surface area contributed by atoms with Gasteiger partial charge in [0, 0.05) is 12.6 Å². The summed E-state index contributed by atoms with van der Waals surface area (Å²) in [6, 6.07) is 1.46. The Kier molecular flexibility index (Phi) is 8.84. The number of carbonyl (C=O) groups excluding carboxylic acids is 1. The van der Waals surface area contributed by atoms with Gasteiger partial charge in [0.1, 0.15) is 0 Å². The molecule has 0 aromatic carbocycles. The number of carbonyl (C=O) groups is 1. The molecular weight excluding hydrogens is 253 g/mol. The van der Waals surface area contributed by atoms with Gasteiger partial charge in [0.05, 0.1) is 11.8 Å². The zero-order valence-corrected chi connectivity index (χ0v) is 12.5. The Labute approximate surface area is 121 Å². The Morgan fingerprint density at radius 2 is 1.65 bits per heavy atom. The second-order valence-electron chi connectivity index (χ2n) is 5.36. The summed E-state index contributed by atoms with van der Waals surface area (Å²) < 4.78 is 13.3. The lowest BCUT2D eigenvalue weighted by Gasteiger charge is -2.03. The quantitative estimate of drug-likeness (QED) is 0.405. The number of hydrogen-bond donors (Lipinski definition) is 0. The molecule has 0 bridgehead atoms. The molecule has 0 fully saturated rings. The number of rotatable bonds is 11. The van der Waals surface area contributed by atoms with Gasteiger partial charge >= 0.3 is 0 Å². The molecule has 0 unspecified atom stereocenters. The third-order valence-electron chi connectivity index (χ3n) is 3.58. The standard InChI is InChI=1S/C17H26FNO/c1-2-3-4-5-6-7-8-9-10-11-17(20)15-12-13-19-14-16(15)18/h12-14H,2-11H2,1H3. The van der Waals surface area contributed by atoms with Gasteiger partial charge in [0.15, 0.2) is 11.6 Å². The van der Waals surface area contributed by atoms with Gasteiger partial charge in [0.25, 0.3) is 0 Å². The molecule has 0 atom stereocenters. The van der Waals surface area contributed by atoms with Crippen molar-refractivity contribution in [3.63, 3.8) is 0 Å². The van der Waals surface area contributed by atoms with E-state index in [1.165, 1.54) is 57.2 Å². The zero-order valence-electron chi connectivity index (χ0n) is 12.5. The molecule has 20 heavy (non-hydrogen) atoms. The first-order valence-corrected chi connectivity index (χ1v) is 7.88. The monoisotopic (exact) mass is 279 g/mol. The Morgan fingerprint density at radius 3 is 2.25 bits per heavy atom. The average molecular weight is 279 g/mol. The van der Waals surface area contributed by atoms with Crippen LogP contribution in [0.4, 0.5) is 4.39 Å². The normalized spacial score (nSPS) is 10.7. The van der Waals surface area contributed by atoms with Gasteiger partial charge in [-0.1, -0.05) is 58.3 Å². The Balaban J connectivity index is 2.04. The molecule has 1 rings (SSSR count). The number of hydrogen-bond acceptors (Lipinski definition) is 2. The number of pyridine rings is 1. The summed E-state index contributed by atoms with van der Waals surface area (Å²) in [6.07, 6.45) is 14.0. The smallest absolute Gasteiger partial charge is 0.165 e. The fourth-order valence-electron chi connectivity index (χ4n) is 2.33. The van der Waals surface area contributed by atoms with Crippen molar-refractivity contribution in [2.75, 3.05) is 0 Å². The van der Waals surface area contributed by atoms with E-state index in [1.54, 1.807) is 0 Å². The predicted octanol–water partition coefficient (Wildman–Crippen LogP) is 5.32. The highest BCUT2D eigenvalue weighted by atomic mass is 19.1.